The highest BCUT2D eigenvalue weighted by molar-refractivity contribution is 6.07. The lowest BCUT2D eigenvalue weighted by atomic mass is 10.1. The van der Waals surface area contributed by atoms with E-state index in [2.05, 4.69) is 9.97 Å². The third kappa shape index (κ3) is 2.05. The molecule has 0 radical (unpaired) electrons. The van der Waals surface area contributed by atoms with Gasteiger partial charge in [0.1, 0.15) is 5.69 Å². The number of nitrogens with one attached hydrogen (secondary N) is 1. The molecule has 17 heavy (non-hydrogen) atoms. The number of aryl methyl sites for hydroxylation is 1. The van der Waals surface area contributed by atoms with E-state index in [0.29, 0.717) is 11.3 Å². The van der Waals surface area contributed by atoms with Crippen LogP contribution in [0.1, 0.15) is 21.6 Å². The van der Waals surface area contributed by atoms with Gasteiger partial charge in [0.2, 0.25) is 5.78 Å². The van der Waals surface area contributed by atoms with E-state index in [1.54, 1.807) is 19.1 Å². The molecule has 0 atom stereocenters. The molecular formula is C11H9N3O3. The standard InChI is InChI=1S/C11H9N3O3/c1-7-2-3-8(4-10(7)14(16)17)11(15)9-5-12-6-13-9/h2-6H,1H3,(H,12,13). The Kier molecular flexibility index (Phi) is 2.70. The van der Waals surface area contributed by atoms with Gasteiger partial charge in [-0.1, -0.05) is 12.1 Å². The second-order valence-electron chi connectivity index (χ2n) is 3.55. The first kappa shape index (κ1) is 11.0. The minimum absolute atomic E-state index is 0.0598. The smallest absolute Gasteiger partial charge is 0.273 e. The Morgan fingerprint density at radius 3 is 2.82 bits per heavy atom. The van der Waals surface area contributed by atoms with Crippen molar-refractivity contribution in [2.45, 2.75) is 6.92 Å². The first-order chi connectivity index (χ1) is 8.09. The average molecular weight is 231 g/mol. The predicted molar refractivity (Wildman–Crippen MR) is 59.9 cm³/mol. The first-order valence-corrected chi connectivity index (χ1v) is 4.87. The molecule has 0 aliphatic heterocycles. The second-order valence-corrected chi connectivity index (χ2v) is 3.55. The minimum Gasteiger partial charge on any atom is -0.342 e. The van der Waals surface area contributed by atoms with E-state index in [4.69, 9.17) is 0 Å². The molecule has 0 aliphatic carbocycles. The molecule has 1 aromatic carbocycles. The van der Waals surface area contributed by atoms with E-state index in [1.165, 1.54) is 18.6 Å². The first-order valence-electron chi connectivity index (χ1n) is 4.87. The highest BCUT2D eigenvalue weighted by atomic mass is 16.6. The van der Waals surface area contributed by atoms with Crippen LogP contribution in [0.5, 0.6) is 0 Å². The number of nitrogens with zero attached hydrogens (tertiary/aromatic N) is 2. The van der Waals surface area contributed by atoms with Crippen LogP contribution in [0.4, 0.5) is 5.69 Å². The van der Waals surface area contributed by atoms with Crippen LogP contribution in [0.2, 0.25) is 0 Å². The van der Waals surface area contributed by atoms with Crippen LogP contribution in [0, 0.1) is 17.0 Å². The number of nitro benzene ring substituents is 1. The maximum atomic E-state index is 11.9. The van der Waals surface area contributed by atoms with Crippen molar-refractivity contribution in [1.82, 2.24) is 9.97 Å². The van der Waals surface area contributed by atoms with Crippen molar-refractivity contribution >= 4 is 11.5 Å². The Morgan fingerprint density at radius 1 is 1.47 bits per heavy atom. The van der Waals surface area contributed by atoms with Crippen molar-refractivity contribution in [3.05, 3.63) is 57.7 Å². The summed E-state index contributed by atoms with van der Waals surface area (Å²) in [5.74, 6) is -0.314. The molecule has 0 unspecified atom stereocenters. The number of carbonyl (C=O) groups is 1. The van der Waals surface area contributed by atoms with E-state index >= 15 is 0 Å². The fraction of sp³-hybridized carbons (Fsp3) is 0.0909. The van der Waals surface area contributed by atoms with Gasteiger partial charge in [0.15, 0.2) is 0 Å². The molecule has 6 heteroatoms. The number of nitro groups is 1. The van der Waals surface area contributed by atoms with Gasteiger partial charge in [-0.25, -0.2) is 4.98 Å². The fourth-order valence-corrected chi connectivity index (χ4v) is 1.48. The van der Waals surface area contributed by atoms with E-state index in [9.17, 15) is 14.9 Å². The SMILES string of the molecule is Cc1ccc(C(=O)c2cnc[nH]2)cc1[N+](=O)[O-]. The predicted octanol–water partition coefficient (Wildman–Crippen LogP) is 1.86. The molecule has 1 N–H and O–H groups in total. The van der Waals surface area contributed by atoms with Gasteiger partial charge < -0.3 is 4.98 Å². The maximum absolute atomic E-state index is 11.9. The summed E-state index contributed by atoms with van der Waals surface area (Å²) in [6.45, 7) is 1.63. The summed E-state index contributed by atoms with van der Waals surface area (Å²) < 4.78 is 0. The normalized spacial score (nSPS) is 10.2. The number of benzene rings is 1. The maximum Gasteiger partial charge on any atom is 0.273 e. The van der Waals surface area contributed by atoms with Gasteiger partial charge in [-0.15, -0.1) is 0 Å². The van der Waals surface area contributed by atoms with Gasteiger partial charge >= 0.3 is 0 Å². The summed E-state index contributed by atoms with van der Waals surface area (Å²) in [5, 5.41) is 10.8. The summed E-state index contributed by atoms with van der Waals surface area (Å²) in [7, 11) is 0. The highest BCUT2D eigenvalue weighted by Gasteiger charge is 2.16. The van der Waals surface area contributed by atoms with Gasteiger partial charge in [0, 0.05) is 17.2 Å². The van der Waals surface area contributed by atoms with Crippen LogP contribution in [-0.4, -0.2) is 20.7 Å². The lowest BCUT2D eigenvalue weighted by molar-refractivity contribution is -0.385. The second kappa shape index (κ2) is 4.17. The van der Waals surface area contributed by atoms with E-state index in [0.717, 1.165) is 0 Å². The molecule has 0 saturated carbocycles. The highest BCUT2D eigenvalue weighted by Crippen LogP contribution is 2.20. The molecule has 0 aliphatic rings. The number of aromatic amines is 1. The monoisotopic (exact) mass is 231 g/mol. The number of aromatic nitrogens is 2. The lowest BCUT2D eigenvalue weighted by Gasteiger charge is -2.00. The topological polar surface area (TPSA) is 88.9 Å². The van der Waals surface area contributed by atoms with Crippen molar-refractivity contribution in [2.24, 2.45) is 0 Å². The number of imidazole rings is 1. The molecule has 0 bridgehead atoms. The van der Waals surface area contributed by atoms with Gasteiger partial charge in [0.05, 0.1) is 17.4 Å². The van der Waals surface area contributed by atoms with Crippen molar-refractivity contribution < 1.29 is 9.72 Å². The number of hydrogen-bond acceptors (Lipinski definition) is 4. The largest absolute Gasteiger partial charge is 0.342 e. The van der Waals surface area contributed by atoms with Gasteiger partial charge in [-0.05, 0) is 6.92 Å². The van der Waals surface area contributed by atoms with E-state index < -0.39 is 4.92 Å². The zero-order valence-electron chi connectivity index (χ0n) is 9.01. The number of carbonyl (C=O) groups excluding carboxylic acids is 1. The Bertz CT molecular complexity index is 576. The number of ketones is 1. The summed E-state index contributed by atoms with van der Waals surface area (Å²) in [4.78, 5) is 28.6. The van der Waals surface area contributed by atoms with Crippen molar-refractivity contribution in [3.8, 4) is 0 Å². The van der Waals surface area contributed by atoms with Crippen molar-refractivity contribution in [2.75, 3.05) is 0 Å². The molecule has 1 aromatic heterocycles. The average Bonchev–Trinajstić information content (AvgIpc) is 2.81. The number of H-pyrrole nitrogens is 1. The van der Waals surface area contributed by atoms with Crippen molar-refractivity contribution in [1.29, 1.82) is 0 Å². The van der Waals surface area contributed by atoms with Crippen LogP contribution in [0.15, 0.2) is 30.7 Å². The van der Waals surface area contributed by atoms with E-state index in [-0.39, 0.29) is 17.0 Å². The van der Waals surface area contributed by atoms with Crippen LogP contribution in [0.25, 0.3) is 0 Å². The summed E-state index contributed by atoms with van der Waals surface area (Å²) in [6, 6.07) is 4.39. The van der Waals surface area contributed by atoms with E-state index in [1.807, 2.05) is 0 Å². The Hall–Kier alpha value is -2.50. The lowest BCUT2D eigenvalue weighted by Crippen LogP contribution is -2.03. The quantitative estimate of drug-likeness (QED) is 0.496. The summed E-state index contributed by atoms with van der Waals surface area (Å²) >= 11 is 0. The Labute approximate surface area is 96.5 Å². The molecule has 6 nitrogen and oxygen atoms in total. The molecule has 0 amide bonds. The Morgan fingerprint density at radius 2 is 2.24 bits per heavy atom. The summed E-state index contributed by atoms with van der Waals surface area (Å²) in [5.41, 5.74) is 1.04. The third-order valence-electron chi connectivity index (χ3n) is 2.41. The molecule has 2 rings (SSSR count). The molecule has 2 aromatic rings. The molecule has 0 saturated heterocycles. The van der Waals surface area contributed by atoms with Crippen LogP contribution in [-0.2, 0) is 0 Å². The molecule has 1 heterocycles. The summed E-state index contributed by atoms with van der Waals surface area (Å²) in [6.07, 6.45) is 2.77. The third-order valence-corrected chi connectivity index (χ3v) is 2.41. The molecule has 86 valence electrons. The van der Waals surface area contributed by atoms with Gasteiger partial charge in [0.25, 0.3) is 5.69 Å². The zero-order chi connectivity index (χ0) is 12.4. The minimum atomic E-state index is -0.501. The zero-order valence-corrected chi connectivity index (χ0v) is 9.01. The van der Waals surface area contributed by atoms with Crippen LogP contribution >= 0.6 is 0 Å². The molecule has 0 fully saturated rings. The molecule has 0 spiro atoms. The molecular weight excluding hydrogens is 222 g/mol. The Balaban J connectivity index is 2.44. The van der Waals surface area contributed by atoms with Crippen LogP contribution in [0.3, 0.4) is 0 Å². The van der Waals surface area contributed by atoms with Crippen molar-refractivity contribution in [3.63, 3.8) is 0 Å². The van der Waals surface area contributed by atoms with Gasteiger partial charge in [-0.3, -0.25) is 14.9 Å². The fourth-order valence-electron chi connectivity index (χ4n) is 1.48. The van der Waals surface area contributed by atoms with Gasteiger partial charge in [-0.2, -0.15) is 0 Å². The number of rotatable bonds is 3. The van der Waals surface area contributed by atoms with Crippen LogP contribution < -0.4 is 0 Å². The number of hydrogen-bond donors (Lipinski definition) is 1.